The largest absolute Gasteiger partial charge is 0.494 e. The summed E-state index contributed by atoms with van der Waals surface area (Å²) in [6.07, 6.45) is 2.64. The molecule has 1 aliphatic heterocycles. The Bertz CT molecular complexity index is 780. The third-order valence-corrected chi connectivity index (χ3v) is 3.95. The highest BCUT2D eigenvalue weighted by Crippen LogP contribution is 2.28. The molecule has 1 heterocycles. The van der Waals surface area contributed by atoms with Crippen LogP contribution in [0.2, 0.25) is 0 Å². The van der Waals surface area contributed by atoms with Crippen LogP contribution in [0, 0.1) is 11.3 Å². The molecule has 0 aromatic heterocycles. The summed E-state index contributed by atoms with van der Waals surface area (Å²) in [6, 6.07) is 8.99. The van der Waals surface area contributed by atoms with Gasteiger partial charge in [-0.25, -0.2) is 0 Å². The fraction of sp³-hybridized carbons (Fsp3) is 0.350. The van der Waals surface area contributed by atoms with Crippen LogP contribution in [0.3, 0.4) is 0 Å². The molecule has 0 N–H and O–H groups in total. The van der Waals surface area contributed by atoms with Crippen molar-refractivity contribution in [2.45, 2.75) is 40.2 Å². The third kappa shape index (κ3) is 3.80. The number of carbonyl (C=O) groups excluding carboxylic acids is 2. The number of ether oxygens (including phenoxy) is 1. The molecule has 2 amide bonds. The van der Waals surface area contributed by atoms with E-state index in [-0.39, 0.29) is 17.5 Å². The van der Waals surface area contributed by atoms with Gasteiger partial charge in [0, 0.05) is 11.6 Å². The standard InChI is InChI=1S/C20H22N2O3/c1-5-10-25-16-8-6-15(7-9-16)11-17-14(4)18(12-21)20(24)22(13(2)3)19(17)23/h6-9,11,13H,5,10H2,1-4H3/b17-11+. The van der Waals surface area contributed by atoms with Gasteiger partial charge in [-0.1, -0.05) is 19.1 Å². The topological polar surface area (TPSA) is 70.4 Å². The molecule has 5 heteroatoms. The number of amides is 2. The highest BCUT2D eigenvalue weighted by atomic mass is 16.5. The highest BCUT2D eigenvalue weighted by Gasteiger charge is 2.36. The van der Waals surface area contributed by atoms with E-state index in [1.54, 1.807) is 26.8 Å². The molecule has 130 valence electrons. The van der Waals surface area contributed by atoms with Crippen molar-refractivity contribution in [2.75, 3.05) is 6.61 Å². The smallest absolute Gasteiger partial charge is 0.271 e. The van der Waals surface area contributed by atoms with Gasteiger partial charge in [-0.2, -0.15) is 5.26 Å². The fourth-order valence-corrected chi connectivity index (χ4v) is 2.62. The van der Waals surface area contributed by atoms with Crippen LogP contribution in [0.5, 0.6) is 5.75 Å². The molecule has 1 aromatic rings. The molecule has 0 bridgehead atoms. The Kier molecular flexibility index (Phi) is 5.76. The number of hydrogen-bond donors (Lipinski definition) is 0. The maximum Gasteiger partial charge on any atom is 0.271 e. The number of nitriles is 1. The van der Waals surface area contributed by atoms with Crippen molar-refractivity contribution < 1.29 is 14.3 Å². The van der Waals surface area contributed by atoms with E-state index >= 15 is 0 Å². The molecule has 5 nitrogen and oxygen atoms in total. The fourth-order valence-electron chi connectivity index (χ4n) is 2.62. The number of nitrogens with zero attached hydrogens (tertiary/aromatic N) is 2. The third-order valence-electron chi connectivity index (χ3n) is 3.95. The van der Waals surface area contributed by atoms with Crippen LogP contribution in [0.1, 0.15) is 39.7 Å². The van der Waals surface area contributed by atoms with Crippen molar-refractivity contribution in [2.24, 2.45) is 0 Å². The monoisotopic (exact) mass is 338 g/mol. The minimum absolute atomic E-state index is 0.0162. The Morgan fingerprint density at radius 2 is 1.84 bits per heavy atom. The lowest BCUT2D eigenvalue weighted by Gasteiger charge is -2.30. The van der Waals surface area contributed by atoms with Gasteiger partial charge < -0.3 is 4.74 Å². The summed E-state index contributed by atoms with van der Waals surface area (Å²) in [6.45, 7) is 7.83. The van der Waals surface area contributed by atoms with E-state index in [1.165, 1.54) is 0 Å². The molecule has 2 rings (SSSR count). The number of hydrogen-bond acceptors (Lipinski definition) is 4. The lowest BCUT2D eigenvalue weighted by atomic mass is 9.93. The second-order valence-corrected chi connectivity index (χ2v) is 6.16. The first-order valence-corrected chi connectivity index (χ1v) is 8.34. The van der Waals surface area contributed by atoms with E-state index in [4.69, 9.17) is 4.74 Å². The SMILES string of the molecule is CCCOc1ccc(/C=C2/C(=O)N(C(C)C)C(=O)C(C#N)=C2C)cc1. The first-order chi connectivity index (χ1) is 11.9. The molecule has 25 heavy (non-hydrogen) atoms. The van der Waals surface area contributed by atoms with Crippen molar-refractivity contribution in [1.29, 1.82) is 5.26 Å². The van der Waals surface area contributed by atoms with E-state index in [9.17, 15) is 14.9 Å². The predicted octanol–water partition coefficient (Wildman–Crippen LogP) is 3.48. The first-order valence-electron chi connectivity index (χ1n) is 8.34. The van der Waals surface area contributed by atoms with Crippen molar-refractivity contribution in [1.82, 2.24) is 4.90 Å². The second kappa shape index (κ2) is 7.80. The van der Waals surface area contributed by atoms with Gasteiger partial charge in [-0.3, -0.25) is 14.5 Å². The van der Waals surface area contributed by atoms with Gasteiger partial charge >= 0.3 is 0 Å². The molecule has 1 aliphatic rings. The van der Waals surface area contributed by atoms with Gasteiger partial charge in [-0.15, -0.1) is 0 Å². The average molecular weight is 338 g/mol. The minimum Gasteiger partial charge on any atom is -0.494 e. The Labute approximate surface area is 148 Å². The molecule has 0 spiro atoms. The molecule has 0 radical (unpaired) electrons. The Morgan fingerprint density at radius 1 is 1.20 bits per heavy atom. The van der Waals surface area contributed by atoms with Crippen molar-refractivity contribution in [3.8, 4) is 11.8 Å². The first kappa shape index (κ1) is 18.5. The van der Waals surface area contributed by atoms with Crippen molar-refractivity contribution in [3.05, 3.63) is 46.5 Å². The molecule has 1 aromatic carbocycles. The van der Waals surface area contributed by atoms with Gasteiger partial charge in [0.05, 0.1) is 6.61 Å². The molecular formula is C20H22N2O3. The zero-order valence-corrected chi connectivity index (χ0v) is 15.0. The molecule has 0 fully saturated rings. The predicted molar refractivity (Wildman–Crippen MR) is 95.5 cm³/mol. The quantitative estimate of drug-likeness (QED) is 0.609. The zero-order valence-electron chi connectivity index (χ0n) is 15.0. The van der Waals surface area contributed by atoms with Crippen LogP contribution in [-0.4, -0.2) is 29.4 Å². The number of benzene rings is 1. The van der Waals surface area contributed by atoms with Crippen LogP contribution >= 0.6 is 0 Å². The van der Waals surface area contributed by atoms with Crippen LogP contribution in [0.4, 0.5) is 0 Å². The lowest BCUT2D eigenvalue weighted by Crippen LogP contribution is -2.46. The maximum atomic E-state index is 12.7. The van der Waals surface area contributed by atoms with E-state index in [0.717, 1.165) is 22.6 Å². The van der Waals surface area contributed by atoms with Gasteiger partial charge in [-0.05, 0) is 56.5 Å². The summed E-state index contributed by atoms with van der Waals surface area (Å²) in [5.41, 5.74) is 1.61. The normalized spacial score (nSPS) is 16.6. The van der Waals surface area contributed by atoms with Gasteiger partial charge in [0.25, 0.3) is 11.8 Å². The molecule has 0 saturated heterocycles. The van der Waals surface area contributed by atoms with E-state index in [2.05, 4.69) is 0 Å². The Balaban J connectivity index is 2.43. The molecule has 0 aliphatic carbocycles. The van der Waals surface area contributed by atoms with E-state index < -0.39 is 5.91 Å². The summed E-state index contributed by atoms with van der Waals surface area (Å²) in [5.74, 6) is -0.133. The Morgan fingerprint density at radius 3 is 2.36 bits per heavy atom. The average Bonchev–Trinajstić information content (AvgIpc) is 2.58. The van der Waals surface area contributed by atoms with E-state index in [0.29, 0.717) is 17.8 Å². The number of rotatable bonds is 5. The van der Waals surface area contributed by atoms with Gasteiger partial charge in [0.1, 0.15) is 17.4 Å². The lowest BCUT2D eigenvalue weighted by molar-refractivity contribution is -0.142. The number of carbonyl (C=O) groups is 2. The second-order valence-electron chi connectivity index (χ2n) is 6.16. The van der Waals surface area contributed by atoms with Crippen LogP contribution in [0.15, 0.2) is 41.0 Å². The van der Waals surface area contributed by atoms with Gasteiger partial charge in [0.2, 0.25) is 0 Å². The molecular weight excluding hydrogens is 316 g/mol. The zero-order chi connectivity index (χ0) is 18.6. The van der Waals surface area contributed by atoms with Gasteiger partial charge in [0.15, 0.2) is 0 Å². The summed E-state index contributed by atoms with van der Waals surface area (Å²) in [4.78, 5) is 26.2. The summed E-state index contributed by atoms with van der Waals surface area (Å²) in [5, 5.41) is 9.31. The number of imide groups is 1. The van der Waals surface area contributed by atoms with E-state index in [1.807, 2.05) is 37.3 Å². The Hall–Kier alpha value is -2.87. The maximum absolute atomic E-state index is 12.7. The molecule has 0 saturated carbocycles. The van der Waals surface area contributed by atoms with Crippen LogP contribution < -0.4 is 4.74 Å². The minimum atomic E-state index is -0.527. The highest BCUT2D eigenvalue weighted by molar-refractivity contribution is 6.19. The summed E-state index contributed by atoms with van der Waals surface area (Å²) in [7, 11) is 0. The molecule has 0 atom stereocenters. The van der Waals surface area contributed by atoms with Crippen molar-refractivity contribution in [3.63, 3.8) is 0 Å². The molecule has 0 unspecified atom stereocenters. The van der Waals surface area contributed by atoms with Crippen LogP contribution in [-0.2, 0) is 9.59 Å². The summed E-state index contributed by atoms with van der Waals surface area (Å²) >= 11 is 0. The summed E-state index contributed by atoms with van der Waals surface area (Å²) < 4.78 is 5.55. The van der Waals surface area contributed by atoms with Crippen molar-refractivity contribution >= 4 is 17.9 Å². The van der Waals surface area contributed by atoms with Crippen LogP contribution in [0.25, 0.3) is 6.08 Å².